The Morgan fingerprint density at radius 2 is 1.79 bits per heavy atom. The van der Waals surface area contributed by atoms with E-state index < -0.39 is 0 Å². The van der Waals surface area contributed by atoms with Gasteiger partial charge in [-0.2, -0.15) is 0 Å². The number of imidazole rings is 1. The summed E-state index contributed by atoms with van der Waals surface area (Å²) in [5, 5.41) is 0. The van der Waals surface area contributed by atoms with Crippen molar-refractivity contribution in [1.29, 1.82) is 0 Å². The Morgan fingerprint density at radius 3 is 2.46 bits per heavy atom. The van der Waals surface area contributed by atoms with Crippen molar-refractivity contribution in [3.63, 3.8) is 0 Å². The monoisotopic (exact) mass is 379 g/mol. The second-order valence-electron chi connectivity index (χ2n) is 7.42. The van der Waals surface area contributed by atoms with Crippen LogP contribution in [0.5, 0.6) is 0 Å². The van der Waals surface area contributed by atoms with E-state index in [1.165, 1.54) is 18.2 Å². The summed E-state index contributed by atoms with van der Waals surface area (Å²) in [6.07, 6.45) is 1.19. The number of hydrogen-bond donors (Lipinski definition) is 0. The molecule has 0 atom stereocenters. The first-order valence-corrected chi connectivity index (χ1v) is 9.61. The topological polar surface area (TPSA) is 56.5 Å². The second kappa shape index (κ2) is 7.19. The molecule has 2 aromatic carbocycles. The molecular formula is C22H25N3O3. The molecule has 0 aliphatic carbocycles. The smallest absolute Gasteiger partial charge is 0.409 e. The van der Waals surface area contributed by atoms with E-state index in [-0.39, 0.29) is 17.8 Å². The number of benzene rings is 2. The van der Waals surface area contributed by atoms with Gasteiger partial charge in [0.2, 0.25) is 0 Å². The molecule has 3 aromatic rings. The SMILES string of the molecule is COC(=O)N1CCC(n2c(=O)n(C)c3cc(-c4ccccc4C)ccc32)CC1. The van der Waals surface area contributed by atoms with Crippen LogP contribution in [0.25, 0.3) is 22.2 Å². The van der Waals surface area contributed by atoms with Crippen molar-refractivity contribution < 1.29 is 9.53 Å². The largest absolute Gasteiger partial charge is 0.453 e. The lowest BCUT2D eigenvalue weighted by atomic mass is 10.00. The number of aryl methyl sites for hydroxylation is 2. The minimum absolute atomic E-state index is 0.00606. The van der Waals surface area contributed by atoms with E-state index in [4.69, 9.17) is 4.74 Å². The standard InChI is InChI=1S/C22H25N3O3/c1-15-6-4-5-7-18(15)16-8-9-19-20(14-16)23(2)21(26)25(19)17-10-12-24(13-11-17)22(27)28-3/h4-9,14,17H,10-13H2,1-3H3. The molecule has 0 N–H and O–H groups in total. The molecule has 0 saturated carbocycles. The van der Waals surface area contributed by atoms with E-state index in [1.54, 1.807) is 9.47 Å². The molecule has 1 amide bonds. The molecule has 6 nitrogen and oxygen atoms in total. The van der Waals surface area contributed by atoms with Crippen LogP contribution in [0, 0.1) is 6.92 Å². The number of nitrogens with zero attached hydrogens (tertiary/aromatic N) is 3. The molecule has 2 heterocycles. The quantitative estimate of drug-likeness (QED) is 0.682. The predicted molar refractivity (Wildman–Crippen MR) is 110 cm³/mol. The lowest BCUT2D eigenvalue weighted by Gasteiger charge is -2.31. The van der Waals surface area contributed by atoms with Gasteiger partial charge in [-0.3, -0.25) is 9.13 Å². The van der Waals surface area contributed by atoms with Gasteiger partial charge < -0.3 is 9.64 Å². The molecular weight excluding hydrogens is 354 g/mol. The summed E-state index contributed by atoms with van der Waals surface area (Å²) >= 11 is 0. The van der Waals surface area contributed by atoms with Crippen LogP contribution in [-0.4, -0.2) is 40.3 Å². The van der Waals surface area contributed by atoms with E-state index >= 15 is 0 Å². The highest BCUT2D eigenvalue weighted by atomic mass is 16.5. The van der Waals surface area contributed by atoms with Crippen molar-refractivity contribution in [1.82, 2.24) is 14.0 Å². The van der Waals surface area contributed by atoms with E-state index in [2.05, 4.69) is 31.2 Å². The maximum Gasteiger partial charge on any atom is 0.409 e. The van der Waals surface area contributed by atoms with Crippen LogP contribution in [0.3, 0.4) is 0 Å². The zero-order chi connectivity index (χ0) is 19.8. The number of carbonyl (C=O) groups excluding carboxylic acids is 1. The van der Waals surface area contributed by atoms with Gasteiger partial charge in [0.05, 0.1) is 18.1 Å². The fourth-order valence-electron chi connectivity index (χ4n) is 4.22. The molecule has 146 valence electrons. The van der Waals surface area contributed by atoms with Crippen molar-refractivity contribution in [2.24, 2.45) is 7.05 Å². The normalized spacial score (nSPS) is 15.2. The summed E-state index contributed by atoms with van der Waals surface area (Å²) in [5.41, 5.74) is 5.37. The number of aromatic nitrogens is 2. The molecule has 0 radical (unpaired) electrons. The fraction of sp³-hybridized carbons (Fsp3) is 0.364. The van der Waals surface area contributed by atoms with Crippen molar-refractivity contribution in [3.05, 3.63) is 58.5 Å². The Labute approximate surface area is 163 Å². The van der Waals surface area contributed by atoms with Crippen molar-refractivity contribution >= 4 is 17.1 Å². The highest BCUT2D eigenvalue weighted by Gasteiger charge is 2.27. The number of methoxy groups -OCH3 is 1. The molecule has 0 bridgehead atoms. The average molecular weight is 379 g/mol. The van der Waals surface area contributed by atoms with Crippen LogP contribution in [0.4, 0.5) is 4.79 Å². The third-order valence-electron chi connectivity index (χ3n) is 5.81. The van der Waals surface area contributed by atoms with Crippen molar-refractivity contribution in [3.8, 4) is 11.1 Å². The maximum atomic E-state index is 13.0. The zero-order valence-electron chi connectivity index (χ0n) is 16.5. The molecule has 1 aliphatic heterocycles. The summed E-state index contributed by atoms with van der Waals surface area (Å²) in [6.45, 7) is 3.29. The zero-order valence-corrected chi connectivity index (χ0v) is 16.5. The van der Waals surface area contributed by atoms with E-state index in [0.29, 0.717) is 13.1 Å². The lowest BCUT2D eigenvalue weighted by Crippen LogP contribution is -2.40. The van der Waals surface area contributed by atoms with Gasteiger partial charge in [-0.15, -0.1) is 0 Å². The number of carbonyl (C=O) groups is 1. The minimum atomic E-state index is -0.299. The average Bonchev–Trinajstić information content (AvgIpc) is 2.98. The Hall–Kier alpha value is -3.02. The first-order chi connectivity index (χ1) is 13.5. The van der Waals surface area contributed by atoms with Crippen LogP contribution in [-0.2, 0) is 11.8 Å². The number of hydrogen-bond acceptors (Lipinski definition) is 3. The fourth-order valence-corrected chi connectivity index (χ4v) is 4.22. The van der Waals surface area contributed by atoms with Crippen molar-refractivity contribution in [2.75, 3.05) is 20.2 Å². The van der Waals surface area contributed by atoms with Gasteiger partial charge in [0.25, 0.3) is 0 Å². The lowest BCUT2D eigenvalue weighted by molar-refractivity contribution is 0.107. The van der Waals surface area contributed by atoms with Crippen LogP contribution in [0.1, 0.15) is 24.4 Å². The van der Waals surface area contributed by atoms with Gasteiger partial charge in [0, 0.05) is 26.2 Å². The molecule has 1 fully saturated rings. The van der Waals surface area contributed by atoms with E-state index in [0.717, 1.165) is 29.4 Å². The first kappa shape index (κ1) is 18.3. The maximum absolute atomic E-state index is 13.0. The number of piperidine rings is 1. The Morgan fingerprint density at radius 1 is 1.07 bits per heavy atom. The summed E-state index contributed by atoms with van der Waals surface area (Å²) in [6, 6.07) is 14.6. The summed E-state index contributed by atoms with van der Waals surface area (Å²) < 4.78 is 8.43. The number of rotatable bonds is 2. The molecule has 1 aliphatic rings. The van der Waals surface area contributed by atoms with Gasteiger partial charge in [0.15, 0.2) is 0 Å². The van der Waals surface area contributed by atoms with Crippen LogP contribution < -0.4 is 5.69 Å². The number of ether oxygens (including phenoxy) is 1. The molecule has 6 heteroatoms. The van der Waals surface area contributed by atoms with Gasteiger partial charge in [-0.25, -0.2) is 9.59 Å². The van der Waals surface area contributed by atoms with Gasteiger partial charge in [-0.1, -0.05) is 30.3 Å². The third kappa shape index (κ3) is 2.99. The van der Waals surface area contributed by atoms with Gasteiger partial charge >= 0.3 is 11.8 Å². The Kier molecular flexibility index (Phi) is 4.71. The van der Waals surface area contributed by atoms with Gasteiger partial charge in [-0.05, 0) is 48.6 Å². The second-order valence-corrected chi connectivity index (χ2v) is 7.42. The highest BCUT2D eigenvalue weighted by molar-refractivity contribution is 5.83. The number of fused-ring (bicyclic) bond motifs is 1. The van der Waals surface area contributed by atoms with Crippen LogP contribution in [0.2, 0.25) is 0 Å². The first-order valence-electron chi connectivity index (χ1n) is 9.61. The molecule has 4 rings (SSSR count). The number of likely N-dealkylation sites (tertiary alicyclic amines) is 1. The molecule has 1 aromatic heterocycles. The predicted octanol–water partition coefficient (Wildman–Crippen LogP) is 3.72. The van der Waals surface area contributed by atoms with E-state index in [9.17, 15) is 9.59 Å². The summed E-state index contributed by atoms with van der Waals surface area (Å²) in [4.78, 5) is 26.4. The Bertz CT molecular complexity index is 1090. The summed E-state index contributed by atoms with van der Waals surface area (Å²) in [7, 11) is 3.22. The van der Waals surface area contributed by atoms with Gasteiger partial charge in [0.1, 0.15) is 0 Å². The van der Waals surface area contributed by atoms with Crippen molar-refractivity contribution in [2.45, 2.75) is 25.8 Å². The van der Waals surface area contributed by atoms with Crippen LogP contribution >= 0.6 is 0 Å². The van der Waals surface area contributed by atoms with Crippen LogP contribution in [0.15, 0.2) is 47.3 Å². The third-order valence-corrected chi connectivity index (χ3v) is 5.81. The molecule has 1 saturated heterocycles. The molecule has 0 spiro atoms. The highest BCUT2D eigenvalue weighted by Crippen LogP contribution is 2.30. The minimum Gasteiger partial charge on any atom is -0.453 e. The van der Waals surface area contributed by atoms with E-state index in [1.807, 2.05) is 29.8 Å². The Balaban J connectivity index is 1.71. The summed E-state index contributed by atoms with van der Waals surface area (Å²) in [5.74, 6) is 0. The molecule has 28 heavy (non-hydrogen) atoms. The molecule has 0 unspecified atom stereocenters. The number of amides is 1.